The molecule has 0 amide bonds. The van der Waals surface area contributed by atoms with Crippen molar-refractivity contribution in [3.63, 3.8) is 0 Å². The van der Waals surface area contributed by atoms with Crippen molar-refractivity contribution in [2.75, 3.05) is 31.6 Å². The lowest BCUT2D eigenvalue weighted by Crippen LogP contribution is -2.42. The van der Waals surface area contributed by atoms with Crippen molar-refractivity contribution in [2.24, 2.45) is 5.41 Å². The summed E-state index contributed by atoms with van der Waals surface area (Å²) in [5, 5.41) is 3.27. The first-order chi connectivity index (χ1) is 9.06. The van der Waals surface area contributed by atoms with Crippen LogP contribution in [0.1, 0.15) is 33.6 Å². The average Bonchev–Trinajstić information content (AvgIpc) is 2.37. The normalized spacial score (nSPS) is 14.2. The molecule has 0 spiro atoms. The van der Waals surface area contributed by atoms with Gasteiger partial charge in [-0.3, -0.25) is 0 Å². The third kappa shape index (κ3) is 4.50. The Balaban J connectivity index is 2.88. The molecule has 0 radical (unpaired) electrons. The van der Waals surface area contributed by atoms with Crippen molar-refractivity contribution in [3.8, 4) is 0 Å². The molecule has 0 aromatic heterocycles. The van der Waals surface area contributed by atoms with Crippen molar-refractivity contribution in [1.29, 1.82) is 0 Å². The number of hydrogen-bond acceptors (Lipinski definition) is 2. The molecule has 0 saturated heterocycles. The predicted octanol–water partition coefficient (Wildman–Crippen LogP) is 3.68. The van der Waals surface area contributed by atoms with E-state index in [2.05, 4.69) is 31.0 Å². The second kappa shape index (κ2) is 7.49. The number of hydrogen-bond donors (Lipinski definition) is 1. The first-order valence-electron chi connectivity index (χ1n) is 7.20. The van der Waals surface area contributed by atoms with Crippen LogP contribution >= 0.6 is 0 Å². The number of nitrogens with zero attached hydrogens (tertiary/aromatic N) is 1. The van der Waals surface area contributed by atoms with Gasteiger partial charge in [-0.2, -0.15) is 0 Å². The van der Waals surface area contributed by atoms with E-state index in [0.29, 0.717) is 5.69 Å². The summed E-state index contributed by atoms with van der Waals surface area (Å²) in [7, 11) is 1.98. The molecule has 1 aromatic carbocycles. The van der Waals surface area contributed by atoms with Gasteiger partial charge in [0.25, 0.3) is 0 Å². The number of para-hydroxylation sites is 1. The molecular weight excluding hydrogens is 239 g/mol. The summed E-state index contributed by atoms with van der Waals surface area (Å²) in [6, 6.07) is 7.04. The van der Waals surface area contributed by atoms with Gasteiger partial charge in [-0.1, -0.05) is 32.4 Å². The van der Waals surface area contributed by atoms with Crippen LogP contribution in [-0.2, 0) is 0 Å². The van der Waals surface area contributed by atoms with E-state index in [-0.39, 0.29) is 11.2 Å². The van der Waals surface area contributed by atoms with Gasteiger partial charge in [-0.05, 0) is 37.9 Å². The lowest BCUT2D eigenvalue weighted by atomic mass is 9.84. The molecule has 0 heterocycles. The Bertz CT molecular complexity index is 373. The molecule has 0 fully saturated rings. The monoisotopic (exact) mass is 266 g/mol. The van der Waals surface area contributed by atoms with E-state index in [0.717, 1.165) is 32.5 Å². The van der Waals surface area contributed by atoms with Crippen molar-refractivity contribution in [1.82, 2.24) is 5.32 Å². The largest absolute Gasteiger partial charge is 0.369 e. The minimum absolute atomic E-state index is 0.132. The van der Waals surface area contributed by atoms with E-state index in [1.54, 1.807) is 6.07 Å². The molecule has 0 aliphatic carbocycles. The standard InChI is InChI=1S/C16H27FN2/c1-5-11-16(3,12-18-4)13-19(6-2)15-10-8-7-9-14(15)17/h7-10,18H,5-6,11-13H2,1-4H3. The number of halogens is 1. The fourth-order valence-corrected chi connectivity index (χ4v) is 2.79. The smallest absolute Gasteiger partial charge is 0.146 e. The zero-order valence-electron chi connectivity index (χ0n) is 12.7. The summed E-state index contributed by atoms with van der Waals surface area (Å²) in [5.74, 6) is -0.132. The summed E-state index contributed by atoms with van der Waals surface area (Å²) < 4.78 is 13.9. The van der Waals surface area contributed by atoms with Gasteiger partial charge in [-0.25, -0.2) is 4.39 Å². The molecule has 108 valence electrons. The highest BCUT2D eigenvalue weighted by atomic mass is 19.1. The number of rotatable bonds is 8. The molecule has 1 atom stereocenters. The van der Waals surface area contributed by atoms with Gasteiger partial charge in [0.15, 0.2) is 0 Å². The van der Waals surface area contributed by atoms with E-state index in [4.69, 9.17) is 0 Å². The van der Waals surface area contributed by atoms with E-state index < -0.39 is 0 Å². The molecule has 3 heteroatoms. The maximum atomic E-state index is 13.9. The molecule has 1 unspecified atom stereocenters. The summed E-state index contributed by atoms with van der Waals surface area (Å²) in [4.78, 5) is 2.14. The second-order valence-electron chi connectivity index (χ2n) is 5.56. The highest BCUT2D eigenvalue weighted by Crippen LogP contribution is 2.28. The van der Waals surface area contributed by atoms with Crippen LogP contribution in [0.4, 0.5) is 10.1 Å². The summed E-state index contributed by atoms with van der Waals surface area (Å²) in [5.41, 5.74) is 0.880. The van der Waals surface area contributed by atoms with Crippen LogP contribution in [-0.4, -0.2) is 26.7 Å². The molecule has 2 nitrogen and oxygen atoms in total. The van der Waals surface area contributed by atoms with Crippen molar-refractivity contribution >= 4 is 5.69 Å². The van der Waals surface area contributed by atoms with E-state index in [1.165, 1.54) is 6.07 Å². The molecule has 1 N–H and O–H groups in total. The zero-order valence-corrected chi connectivity index (χ0v) is 12.7. The van der Waals surface area contributed by atoms with Gasteiger partial charge < -0.3 is 10.2 Å². The summed E-state index contributed by atoms with van der Waals surface area (Å²) >= 11 is 0. The van der Waals surface area contributed by atoms with Crippen LogP contribution in [0.3, 0.4) is 0 Å². The van der Waals surface area contributed by atoms with Gasteiger partial charge in [0, 0.05) is 19.6 Å². The van der Waals surface area contributed by atoms with Crippen LogP contribution in [0.25, 0.3) is 0 Å². The highest BCUT2D eigenvalue weighted by molar-refractivity contribution is 5.47. The van der Waals surface area contributed by atoms with E-state index in [1.807, 2.05) is 19.2 Å². The molecule has 1 aromatic rings. The minimum Gasteiger partial charge on any atom is -0.369 e. The average molecular weight is 266 g/mol. The van der Waals surface area contributed by atoms with Crippen LogP contribution in [0.15, 0.2) is 24.3 Å². The Hall–Kier alpha value is -1.09. The topological polar surface area (TPSA) is 15.3 Å². The first kappa shape index (κ1) is 16.0. The summed E-state index contributed by atoms with van der Waals surface area (Å²) in [6.07, 6.45) is 2.28. The Kier molecular flexibility index (Phi) is 6.29. The Morgan fingerprint density at radius 3 is 2.47 bits per heavy atom. The number of anilines is 1. The zero-order chi connectivity index (χ0) is 14.3. The van der Waals surface area contributed by atoms with Gasteiger partial charge in [0.05, 0.1) is 5.69 Å². The molecule has 19 heavy (non-hydrogen) atoms. The molecule has 0 aliphatic rings. The van der Waals surface area contributed by atoms with Gasteiger partial charge in [-0.15, -0.1) is 0 Å². The second-order valence-corrected chi connectivity index (χ2v) is 5.56. The van der Waals surface area contributed by atoms with Gasteiger partial charge >= 0.3 is 0 Å². The fraction of sp³-hybridized carbons (Fsp3) is 0.625. The molecule has 0 bridgehead atoms. The van der Waals surface area contributed by atoms with Crippen LogP contribution in [0.2, 0.25) is 0 Å². The van der Waals surface area contributed by atoms with Gasteiger partial charge in [0.1, 0.15) is 5.82 Å². The van der Waals surface area contributed by atoms with E-state index in [9.17, 15) is 4.39 Å². The Morgan fingerprint density at radius 1 is 1.26 bits per heavy atom. The lowest BCUT2D eigenvalue weighted by molar-refractivity contribution is 0.288. The van der Waals surface area contributed by atoms with Crippen molar-refractivity contribution in [2.45, 2.75) is 33.6 Å². The molecule has 1 rings (SSSR count). The van der Waals surface area contributed by atoms with Crippen LogP contribution in [0, 0.1) is 11.2 Å². The van der Waals surface area contributed by atoms with Crippen LogP contribution < -0.4 is 10.2 Å². The molecule has 0 saturated carbocycles. The lowest BCUT2D eigenvalue weighted by Gasteiger charge is -2.36. The maximum Gasteiger partial charge on any atom is 0.146 e. The third-order valence-corrected chi connectivity index (χ3v) is 3.60. The van der Waals surface area contributed by atoms with E-state index >= 15 is 0 Å². The summed E-state index contributed by atoms with van der Waals surface area (Å²) in [6.45, 7) is 9.21. The number of nitrogens with one attached hydrogen (secondary N) is 1. The molecular formula is C16H27FN2. The quantitative estimate of drug-likeness (QED) is 0.772. The van der Waals surface area contributed by atoms with Gasteiger partial charge in [0.2, 0.25) is 0 Å². The minimum atomic E-state index is -0.132. The maximum absolute atomic E-state index is 13.9. The highest BCUT2D eigenvalue weighted by Gasteiger charge is 2.26. The first-order valence-corrected chi connectivity index (χ1v) is 7.20. The number of benzene rings is 1. The van der Waals surface area contributed by atoms with Crippen LogP contribution in [0.5, 0.6) is 0 Å². The fourth-order valence-electron chi connectivity index (χ4n) is 2.79. The molecule has 0 aliphatic heterocycles. The Labute approximate surface area is 117 Å². The van der Waals surface area contributed by atoms with Crippen molar-refractivity contribution < 1.29 is 4.39 Å². The SMILES string of the molecule is CCCC(C)(CNC)CN(CC)c1ccccc1F. The Morgan fingerprint density at radius 2 is 1.95 bits per heavy atom. The third-order valence-electron chi connectivity index (χ3n) is 3.60. The van der Waals surface area contributed by atoms with Crippen molar-refractivity contribution in [3.05, 3.63) is 30.1 Å². The predicted molar refractivity (Wildman–Crippen MR) is 81.2 cm³/mol.